The number of pyridine rings is 1. The molecule has 0 aliphatic carbocycles. The topological polar surface area (TPSA) is 95.9 Å². The SMILES string of the molecule is N=C1/C(=C\c2cn(CCOc3ccccc3)c3ccccc23)C(=O)N=C2SC(c3cccnc3)=NN12. The van der Waals surface area contributed by atoms with Crippen molar-refractivity contribution in [3.8, 4) is 5.75 Å². The van der Waals surface area contributed by atoms with E-state index in [-0.39, 0.29) is 11.4 Å². The summed E-state index contributed by atoms with van der Waals surface area (Å²) in [5, 5.41) is 16.7. The van der Waals surface area contributed by atoms with Crippen molar-refractivity contribution in [2.45, 2.75) is 6.54 Å². The second-order valence-corrected chi connectivity index (χ2v) is 9.08. The van der Waals surface area contributed by atoms with E-state index in [9.17, 15) is 4.79 Å². The van der Waals surface area contributed by atoms with E-state index >= 15 is 0 Å². The maximum atomic E-state index is 12.9. The molecule has 36 heavy (non-hydrogen) atoms. The summed E-state index contributed by atoms with van der Waals surface area (Å²) in [4.78, 5) is 21.3. The summed E-state index contributed by atoms with van der Waals surface area (Å²) in [5.41, 5.74) is 2.86. The number of carbonyl (C=O) groups excluding carboxylic acids is 1. The van der Waals surface area contributed by atoms with Crippen molar-refractivity contribution >= 4 is 50.7 Å². The largest absolute Gasteiger partial charge is 0.492 e. The van der Waals surface area contributed by atoms with Gasteiger partial charge in [0.15, 0.2) is 5.84 Å². The normalized spacial score (nSPS) is 16.3. The second kappa shape index (κ2) is 9.27. The molecule has 0 radical (unpaired) electrons. The number of carbonyl (C=O) groups is 1. The number of nitrogens with zero attached hydrogens (tertiary/aromatic N) is 5. The van der Waals surface area contributed by atoms with Gasteiger partial charge in [0, 0.05) is 40.6 Å². The number of hydrazone groups is 1. The van der Waals surface area contributed by atoms with E-state index in [0.717, 1.165) is 27.8 Å². The van der Waals surface area contributed by atoms with Gasteiger partial charge >= 0.3 is 0 Å². The minimum Gasteiger partial charge on any atom is -0.492 e. The van der Waals surface area contributed by atoms with Gasteiger partial charge in [-0.1, -0.05) is 36.4 Å². The van der Waals surface area contributed by atoms with Crippen molar-refractivity contribution < 1.29 is 9.53 Å². The standard InChI is InChI=1S/C27H20N6O2S/c28-24-22(25(34)30-27-33(24)31-26(36-27)18-7-6-12-29-16-18)15-19-17-32(23-11-5-4-10-21(19)23)13-14-35-20-8-2-1-3-9-20/h1-12,15-17,28H,13-14H2/b22-15+,28-24?. The molecule has 1 N–H and O–H groups in total. The molecule has 6 rings (SSSR count). The average molecular weight is 493 g/mol. The maximum Gasteiger partial charge on any atom is 0.283 e. The number of aromatic nitrogens is 2. The highest BCUT2D eigenvalue weighted by molar-refractivity contribution is 8.27. The fraction of sp³-hybridized carbons (Fsp3) is 0.0741. The fourth-order valence-corrected chi connectivity index (χ4v) is 4.99. The molecule has 0 unspecified atom stereocenters. The third kappa shape index (κ3) is 4.09. The van der Waals surface area contributed by atoms with Gasteiger partial charge in [-0.2, -0.15) is 15.1 Å². The Labute approximate surface area is 211 Å². The van der Waals surface area contributed by atoms with Gasteiger partial charge in [0.1, 0.15) is 17.4 Å². The quantitative estimate of drug-likeness (QED) is 0.391. The smallest absolute Gasteiger partial charge is 0.283 e. The summed E-state index contributed by atoms with van der Waals surface area (Å²) in [6.07, 6.45) is 7.09. The van der Waals surface area contributed by atoms with Crippen LogP contribution in [0.3, 0.4) is 0 Å². The Balaban J connectivity index is 1.29. The molecule has 0 fully saturated rings. The molecule has 2 aliphatic rings. The molecule has 4 heterocycles. The van der Waals surface area contributed by atoms with Gasteiger partial charge in [0.25, 0.3) is 5.91 Å². The van der Waals surface area contributed by atoms with Gasteiger partial charge < -0.3 is 9.30 Å². The molecule has 4 aromatic rings. The Kier molecular flexibility index (Phi) is 5.67. The molecule has 2 aromatic heterocycles. The van der Waals surface area contributed by atoms with Crippen LogP contribution in [-0.2, 0) is 11.3 Å². The van der Waals surface area contributed by atoms with Crippen LogP contribution in [0.15, 0.2) is 101 Å². The number of amides is 1. The van der Waals surface area contributed by atoms with Crippen LogP contribution in [0.25, 0.3) is 17.0 Å². The van der Waals surface area contributed by atoms with E-state index in [1.807, 2.05) is 72.9 Å². The first-order valence-corrected chi connectivity index (χ1v) is 12.2. The van der Waals surface area contributed by atoms with E-state index in [1.54, 1.807) is 18.5 Å². The molecule has 2 aliphatic heterocycles. The Bertz CT molecular complexity index is 1570. The summed E-state index contributed by atoms with van der Waals surface area (Å²) in [6.45, 7) is 1.13. The molecular formula is C27H20N6O2S. The molecule has 9 heteroatoms. The summed E-state index contributed by atoms with van der Waals surface area (Å²) < 4.78 is 7.97. The molecule has 1 amide bonds. The number of benzene rings is 2. The lowest BCUT2D eigenvalue weighted by Gasteiger charge is -2.20. The monoisotopic (exact) mass is 492 g/mol. The first-order valence-electron chi connectivity index (χ1n) is 11.3. The first kappa shape index (κ1) is 22.0. The van der Waals surface area contributed by atoms with Crippen LogP contribution in [-0.4, -0.2) is 43.1 Å². The minimum absolute atomic E-state index is 0.000586. The highest BCUT2D eigenvalue weighted by Crippen LogP contribution is 2.32. The Morgan fingerprint density at radius 2 is 1.86 bits per heavy atom. The Morgan fingerprint density at radius 3 is 2.69 bits per heavy atom. The van der Waals surface area contributed by atoms with Gasteiger partial charge in [0.05, 0.1) is 12.1 Å². The highest BCUT2D eigenvalue weighted by Gasteiger charge is 2.36. The van der Waals surface area contributed by atoms with Crippen molar-refractivity contribution in [2.75, 3.05) is 6.61 Å². The van der Waals surface area contributed by atoms with Gasteiger partial charge in [-0.05, 0) is 48.2 Å². The van der Waals surface area contributed by atoms with Crippen LogP contribution < -0.4 is 4.74 Å². The van der Waals surface area contributed by atoms with Crippen LogP contribution >= 0.6 is 11.8 Å². The summed E-state index contributed by atoms with van der Waals surface area (Å²) in [6, 6.07) is 21.4. The van der Waals surface area contributed by atoms with E-state index in [2.05, 4.69) is 19.6 Å². The van der Waals surface area contributed by atoms with Crippen LogP contribution in [0.1, 0.15) is 11.1 Å². The third-order valence-corrected chi connectivity index (χ3v) is 6.78. The Morgan fingerprint density at radius 1 is 1.03 bits per heavy atom. The van der Waals surface area contributed by atoms with Crippen LogP contribution in [0, 0.1) is 5.41 Å². The number of ether oxygens (including phenoxy) is 1. The number of aliphatic imine (C=N–C) groups is 1. The fourth-order valence-electron chi connectivity index (χ4n) is 4.11. The average Bonchev–Trinajstić information content (AvgIpc) is 3.50. The van der Waals surface area contributed by atoms with Crippen molar-refractivity contribution in [3.63, 3.8) is 0 Å². The van der Waals surface area contributed by atoms with Crippen LogP contribution in [0.5, 0.6) is 5.75 Å². The molecule has 0 spiro atoms. The minimum atomic E-state index is -0.453. The van der Waals surface area contributed by atoms with Gasteiger partial charge in [-0.25, -0.2) is 0 Å². The summed E-state index contributed by atoms with van der Waals surface area (Å²) >= 11 is 1.26. The predicted octanol–water partition coefficient (Wildman–Crippen LogP) is 4.78. The number of rotatable bonds is 6. The van der Waals surface area contributed by atoms with Crippen LogP contribution in [0.2, 0.25) is 0 Å². The molecule has 0 bridgehead atoms. The molecule has 0 saturated carbocycles. The molecule has 176 valence electrons. The van der Waals surface area contributed by atoms with Crippen molar-refractivity contribution in [1.29, 1.82) is 5.41 Å². The maximum absolute atomic E-state index is 12.9. The Hall–Kier alpha value is -4.50. The number of hydrogen-bond donors (Lipinski definition) is 1. The molecule has 0 saturated heterocycles. The van der Waals surface area contributed by atoms with E-state index < -0.39 is 5.91 Å². The van der Waals surface area contributed by atoms with E-state index in [1.165, 1.54) is 16.8 Å². The first-order chi connectivity index (χ1) is 17.7. The third-order valence-electron chi connectivity index (χ3n) is 5.83. The van der Waals surface area contributed by atoms with Gasteiger partial charge in [-0.3, -0.25) is 15.2 Å². The zero-order valence-corrected chi connectivity index (χ0v) is 19.9. The highest BCUT2D eigenvalue weighted by atomic mass is 32.2. The molecule has 2 aromatic carbocycles. The lowest BCUT2D eigenvalue weighted by Crippen LogP contribution is -2.35. The van der Waals surface area contributed by atoms with Gasteiger partial charge in [0.2, 0.25) is 5.17 Å². The van der Waals surface area contributed by atoms with E-state index in [4.69, 9.17) is 10.1 Å². The number of para-hydroxylation sites is 2. The zero-order chi connectivity index (χ0) is 24.5. The second-order valence-electron chi connectivity index (χ2n) is 8.12. The summed E-state index contributed by atoms with van der Waals surface area (Å²) in [5.74, 6) is 0.368. The lowest BCUT2D eigenvalue weighted by molar-refractivity contribution is -0.114. The number of amidine groups is 2. The molecule has 0 atom stereocenters. The number of thioether (sulfide) groups is 1. The van der Waals surface area contributed by atoms with Crippen molar-refractivity contribution in [3.05, 3.63) is 102 Å². The zero-order valence-electron chi connectivity index (χ0n) is 19.0. The number of hydrogen-bond acceptors (Lipinski definition) is 6. The number of fused-ring (bicyclic) bond motifs is 2. The van der Waals surface area contributed by atoms with Gasteiger partial charge in [-0.15, -0.1) is 0 Å². The van der Waals surface area contributed by atoms with Crippen LogP contribution in [0.4, 0.5) is 0 Å². The molecule has 8 nitrogen and oxygen atoms in total. The molecular weight excluding hydrogens is 472 g/mol. The number of nitrogens with one attached hydrogen (secondary N) is 1. The van der Waals surface area contributed by atoms with E-state index in [0.29, 0.717) is 23.4 Å². The summed E-state index contributed by atoms with van der Waals surface area (Å²) in [7, 11) is 0. The predicted molar refractivity (Wildman–Crippen MR) is 142 cm³/mol. The lowest BCUT2D eigenvalue weighted by atomic mass is 10.1. The van der Waals surface area contributed by atoms with Crippen molar-refractivity contribution in [1.82, 2.24) is 14.6 Å². The van der Waals surface area contributed by atoms with Crippen molar-refractivity contribution in [2.24, 2.45) is 10.1 Å².